The van der Waals surface area contributed by atoms with Crippen LogP contribution in [0.25, 0.3) is 0 Å². The van der Waals surface area contributed by atoms with Crippen LogP contribution in [-0.4, -0.2) is 17.3 Å². The molecular formula is C12H14N4O. The minimum absolute atomic E-state index is 0.575. The van der Waals surface area contributed by atoms with Crippen LogP contribution in [0, 0.1) is 0 Å². The number of nitrogens with zero attached hydrogens (tertiary/aromatic N) is 2. The van der Waals surface area contributed by atoms with Crippen molar-refractivity contribution in [3.8, 4) is 5.75 Å². The molecule has 2 rings (SSSR count). The molecule has 0 aliphatic heterocycles. The fourth-order valence-electron chi connectivity index (χ4n) is 1.43. The highest BCUT2D eigenvalue weighted by molar-refractivity contribution is 5.68. The predicted octanol–water partition coefficient (Wildman–Crippen LogP) is 1.68. The second kappa shape index (κ2) is 5.16. The van der Waals surface area contributed by atoms with E-state index in [2.05, 4.69) is 15.5 Å². The Labute approximate surface area is 99.6 Å². The van der Waals surface area contributed by atoms with Crippen molar-refractivity contribution in [1.82, 2.24) is 10.2 Å². The summed E-state index contributed by atoms with van der Waals surface area (Å²) in [6.45, 7) is 0.575. The van der Waals surface area contributed by atoms with Crippen LogP contribution in [-0.2, 0) is 6.54 Å². The molecule has 3 N–H and O–H groups in total. The van der Waals surface area contributed by atoms with Crippen molar-refractivity contribution in [3.63, 3.8) is 0 Å². The maximum Gasteiger partial charge on any atom is 0.121 e. The van der Waals surface area contributed by atoms with E-state index in [1.54, 1.807) is 19.4 Å². The van der Waals surface area contributed by atoms with Crippen LogP contribution in [0.5, 0.6) is 5.75 Å². The summed E-state index contributed by atoms with van der Waals surface area (Å²) in [5, 5.41) is 11.0. The Morgan fingerprint density at radius 2 is 2.24 bits per heavy atom. The van der Waals surface area contributed by atoms with Gasteiger partial charge in [0.15, 0.2) is 0 Å². The van der Waals surface area contributed by atoms with Gasteiger partial charge in [0.05, 0.1) is 30.7 Å². The first kappa shape index (κ1) is 11.2. The van der Waals surface area contributed by atoms with Crippen LogP contribution in [0.4, 0.5) is 11.4 Å². The molecule has 2 aromatic rings. The number of nitrogen functional groups attached to an aromatic ring is 1. The molecule has 0 atom stereocenters. The zero-order chi connectivity index (χ0) is 12.1. The summed E-state index contributed by atoms with van der Waals surface area (Å²) in [4.78, 5) is 0. The number of methoxy groups -OCH3 is 1. The zero-order valence-corrected chi connectivity index (χ0v) is 9.55. The molecule has 0 amide bonds. The van der Waals surface area contributed by atoms with Crippen LogP contribution in [0.2, 0.25) is 0 Å². The number of benzene rings is 1. The Kier molecular flexibility index (Phi) is 3.40. The number of hydrogen-bond acceptors (Lipinski definition) is 5. The van der Waals surface area contributed by atoms with Gasteiger partial charge >= 0.3 is 0 Å². The number of rotatable bonds is 4. The van der Waals surface area contributed by atoms with E-state index in [-0.39, 0.29) is 0 Å². The molecule has 5 nitrogen and oxygen atoms in total. The summed E-state index contributed by atoms with van der Waals surface area (Å²) in [5.74, 6) is 0.765. The molecule has 0 aliphatic rings. The van der Waals surface area contributed by atoms with E-state index < -0.39 is 0 Å². The number of ether oxygens (including phenoxy) is 1. The fraction of sp³-hybridized carbons (Fsp3) is 0.167. The van der Waals surface area contributed by atoms with Gasteiger partial charge in [-0.3, -0.25) is 0 Å². The maximum absolute atomic E-state index is 5.85. The zero-order valence-electron chi connectivity index (χ0n) is 9.55. The van der Waals surface area contributed by atoms with Crippen molar-refractivity contribution in [2.24, 2.45) is 0 Å². The van der Waals surface area contributed by atoms with Gasteiger partial charge < -0.3 is 15.8 Å². The number of anilines is 2. The van der Waals surface area contributed by atoms with Crippen molar-refractivity contribution in [1.29, 1.82) is 0 Å². The first-order chi connectivity index (χ1) is 8.29. The van der Waals surface area contributed by atoms with Gasteiger partial charge in [0, 0.05) is 12.3 Å². The van der Waals surface area contributed by atoms with Crippen LogP contribution in [0.15, 0.2) is 36.5 Å². The van der Waals surface area contributed by atoms with Crippen molar-refractivity contribution in [3.05, 3.63) is 42.2 Å². The monoisotopic (exact) mass is 230 g/mol. The lowest BCUT2D eigenvalue weighted by atomic mass is 10.2. The van der Waals surface area contributed by atoms with Crippen molar-refractivity contribution in [2.75, 3.05) is 18.2 Å². The highest BCUT2D eigenvalue weighted by Crippen LogP contribution is 2.24. The van der Waals surface area contributed by atoms with E-state index in [9.17, 15) is 0 Å². The number of nitrogens with two attached hydrogens (primary N) is 1. The largest absolute Gasteiger partial charge is 0.497 e. The van der Waals surface area contributed by atoms with E-state index >= 15 is 0 Å². The van der Waals surface area contributed by atoms with E-state index in [0.29, 0.717) is 12.2 Å². The third kappa shape index (κ3) is 2.84. The Balaban J connectivity index is 2.08. The summed E-state index contributed by atoms with van der Waals surface area (Å²) in [6.07, 6.45) is 1.64. The first-order valence-electron chi connectivity index (χ1n) is 5.23. The third-order valence-electron chi connectivity index (χ3n) is 2.35. The molecule has 0 saturated carbocycles. The van der Waals surface area contributed by atoms with Gasteiger partial charge in [-0.15, -0.1) is 0 Å². The second-order valence-electron chi connectivity index (χ2n) is 3.52. The molecule has 0 bridgehead atoms. The molecule has 0 radical (unpaired) electrons. The molecule has 17 heavy (non-hydrogen) atoms. The van der Waals surface area contributed by atoms with Crippen molar-refractivity contribution >= 4 is 11.4 Å². The lowest BCUT2D eigenvalue weighted by molar-refractivity contribution is 0.415. The minimum atomic E-state index is 0.575. The predicted molar refractivity (Wildman–Crippen MR) is 66.8 cm³/mol. The van der Waals surface area contributed by atoms with Crippen molar-refractivity contribution in [2.45, 2.75) is 6.54 Å². The molecule has 88 valence electrons. The van der Waals surface area contributed by atoms with Crippen LogP contribution < -0.4 is 15.8 Å². The topological polar surface area (TPSA) is 73.1 Å². The summed E-state index contributed by atoms with van der Waals surface area (Å²) in [5.41, 5.74) is 8.21. The third-order valence-corrected chi connectivity index (χ3v) is 2.35. The Morgan fingerprint density at radius 1 is 1.35 bits per heavy atom. The van der Waals surface area contributed by atoms with Gasteiger partial charge in [-0.05, 0) is 24.3 Å². The lowest BCUT2D eigenvalue weighted by Crippen LogP contribution is -2.04. The lowest BCUT2D eigenvalue weighted by Gasteiger charge is -2.10. The van der Waals surface area contributed by atoms with E-state index in [1.165, 1.54) is 0 Å². The second-order valence-corrected chi connectivity index (χ2v) is 3.52. The smallest absolute Gasteiger partial charge is 0.121 e. The molecule has 0 saturated heterocycles. The minimum Gasteiger partial charge on any atom is -0.497 e. The van der Waals surface area contributed by atoms with Crippen LogP contribution >= 0.6 is 0 Å². The molecular weight excluding hydrogens is 216 g/mol. The summed E-state index contributed by atoms with van der Waals surface area (Å²) >= 11 is 0. The average molecular weight is 230 g/mol. The molecule has 0 fully saturated rings. The highest BCUT2D eigenvalue weighted by Gasteiger charge is 2.01. The summed E-state index contributed by atoms with van der Waals surface area (Å²) in [7, 11) is 1.62. The van der Waals surface area contributed by atoms with Crippen LogP contribution in [0.3, 0.4) is 0 Å². The van der Waals surface area contributed by atoms with Gasteiger partial charge in [0.25, 0.3) is 0 Å². The Morgan fingerprint density at radius 3 is 2.94 bits per heavy atom. The molecule has 0 unspecified atom stereocenters. The van der Waals surface area contributed by atoms with E-state index in [4.69, 9.17) is 10.5 Å². The SMILES string of the molecule is COc1ccc(N)c(NCc2cccnn2)c1. The number of hydrogen-bond donors (Lipinski definition) is 2. The first-order valence-corrected chi connectivity index (χ1v) is 5.23. The van der Waals surface area contributed by atoms with Gasteiger partial charge in [-0.2, -0.15) is 10.2 Å². The van der Waals surface area contributed by atoms with Gasteiger partial charge in [0.1, 0.15) is 5.75 Å². The van der Waals surface area contributed by atoms with Gasteiger partial charge in [-0.25, -0.2) is 0 Å². The highest BCUT2D eigenvalue weighted by atomic mass is 16.5. The quantitative estimate of drug-likeness (QED) is 0.782. The van der Waals surface area contributed by atoms with E-state index in [1.807, 2.05) is 24.3 Å². The molecule has 5 heteroatoms. The molecule has 1 aromatic heterocycles. The molecule has 0 aliphatic carbocycles. The average Bonchev–Trinajstić information content (AvgIpc) is 2.39. The molecule has 1 heterocycles. The van der Waals surface area contributed by atoms with E-state index in [0.717, 1.165) is 17.1 Å². The van der Waals surface area contributed by atoms with Crippen molar-refractivity contribution < 1.29 is 4.74 Å². The summed E-state index contributed by atoms with van der Waals surface area (Å²) in [6, 6.07) is 9.22. The number of nitrogens with one attached hydrogen (secondary N) is 1. The Hall–Kier alpha value is -2.30. The van der Waals surface area contributed by atoms with Gasteiger partial charge in [0.2, 0.25) is 0 Å². The van der Waals surface area contributed by atoms with Gasteiger partial charge in [-0.1, -0.05) is 0 Å². The fourth-order valence-corrected chi connectivity index (χ4v) is 1.43. The Bertz CT molecular complexity index is 487. The summed E-state index contributed by atoms with van der Waals surface area (Å²) < 4.78 is 5.14. The standard InChI is InChI=1S/C12H14N4O/c1-17-10-4-5-11(13)12(7-10)14-8-9-3-2-6-15-16-9/h2-7,14H,8,13H2,1H3. The molecule has 1 aromatic carbocycles. The van der Waals surface area contributed by atoms with Crippen LogP contribution in [0.1, 0.15) is 5.69 Å². The molecule has 0 spiro atoms. The number of aromatic nitrogens is 2. The maximum atomic E-state index is 5.85. The normalized spacial score (nSPS) is 9.94.